The van der Waals surface area contributed by atoms with Gasteiger partial charge in [-0.1, -0.05) is 24.3 Å². The number of anilines is 1. The van der Waals surface area contributed by atoms with E-state index >= 15 is 0 Å². The second kappa shape index (κ2) is 9.74. The van der Waals surface area contributed by atoms with Crippen molar-refractivity contribution in [2.45, 2.75) is 6.92 Å². The number of para-hydroxylation sites is 2. The number of carbonyl (C=O) groups excluding carboxylic acids is 2. The summed E-state index contributed by atoms with van der Waals surface area (Å²) in [7, 11) is 1.56. The average Bonchev–Trinajstić information content (AvgIpc) is 2.63. The van der Waals surface area contributed by atoms with Crippen LogP contribution in [0.3, 0.4) is 0 Å². The molecule has 5 nitrogen and oxygen atoms in total. The molecule has 2 aromatic rings. The highest BCUT2D eigenvalue weighted by Gasteiger charge is 2.11. The van der Waals surface area contributed by atoms with Crippen molar-refractivity contribution in [2.24, 2.45) is 0 Å². The first-order chi connectivity index (χ1) is 12.1. The second-order valence-corrected chi connectivity index (χ2v) is 6.11. The van der Waals surface area contributed by atoms with Gasteiger partial charge in [0, 0.05) is 5.56 Å². The fraction of sp³-hybridized carbons (Fsp3) is 0.263. The van der Waals surface area contributed by atoms with Crippen LogP contribution in [0.25, 0.3) is 0 Å². The van der Waals surface area contributed by atoms with Crippen molar-refractivity contribution in [2.75, 3.05) is 30.5 Å². The lowest BCUT2D eigenvalue weighted by atomic mass is 10.1. The van der Waals surface area contributed by atoms with Crippen molar-refractivity contribution in [3.63, 3.8) is 0 Å². The van der Waals surface area contributed by atoms with Gasteiger partial charge in [-0.3, -0.25) is 9.59 Å². The minimum atomic E-state index is -0.171. The number of ketones is 1. The van der Waals surface area contributed by atoms with Crippen LogP contribution < -0.4 is 14.8 Å². The van der Waals surface area contributed by atoms with Crippen molar-refractivity contribution in [1.29, 1.82) is 0 Å². The fourth-order valence-electron chi connectivity index (χ4n) is 2.15. The molecule has 6 heteroatoms. The number of hydrogen-bond donors (Lipinski definition) is 1. The lowest BCUT2D eigenvalue weighted by molar-refractivity contribution is -0.113. The van der Waals surface area contributed by atoms with E-state index in [1.807, 2.05) is 19.1 Å². The van der Waals surface area contributed by atoms with Crippen molar-refractivity contribution < 1.29 is 19.1 Å². The van der Waals surface area contributed by atoms with Crippen LogP contribution in [0.2, 0.25) is 0 Å². The molecule has 0 fully saturated rings. The van der Waals surface area contributed by atoms with E-state index in [-0.39, 0.29) is 23.2 Å². The zero-order valence-electron chi connectivity index (χ0n) is 14.3. The molecule has 0 saturated heterocycles. The van der Waals surface area contributed by atoms with Crippen LogP contribution in [0.5, 0.6) is 11.5 Å². The number of amides is 1. The highest BCUT2D eigenvalue weighted by Crippen LogP contribution is 2.24. The Morgan fingerprint density at radius 1 is 1.08 bits per heavy atom. The lowest BCUT2D eigenvalue weighted by Gasteiger charge is -2.11. The van der Waals surface area contributed by atoms with E-state index in [1.54, 1.807) is 43.5 Å². The van der Waals surface area contributed by atoms with Crippen molar-refractivity contribution in [3.8, 4) is 11.5 Å². The molecule has 0 bridgehead atoms. The highest BCUT2D eigenvalue weighted by molar-refractivity contribution is 8.00. The third-order valence-electron chi connectivity index (χ3n) is 3.32. The Morgan fingerprint density at radius 3 is 2.64 bits per heavy atom. The van der Waals surface area contributed by atoms with Gasteiger partial charge >= 0.3 is 0 Å². The summed E-state index contributed by atoms with van der Waals surface area (Å²) < 4.78 is 10.6. The maximum absolute atomic E-state index is 12.2. The van der Waals surface area contributed by atoms with Gasteiger partial charge in [-0.25, -0.2) is 0 Å². The van der Waals surface area contributed by atoms with E-state index in [0.29, 0.717) is 29.4 Å². The first-order valence-corrected chi connectivity index (χ1v) is 9.06. The first kappa shape index (κ1) is 18.9. The molecule has 0 aliphatic heterocycles. The molecule has 1 N–H and O–H groups in total. The number of benzene rings is 2. The molecule has 0 aliphatic carbocycles. The van der Waals surface area contributed by atoms with E-state index in [1.165, 1.54) is 11.8 Å². The topological polar surface area (TPSA) is 64.6 Å². The van der Waals surface area contributed by atoms with Gasteiger partial charge < -0.3 is 14.8 Å². The third kappa shape index (κ3) is 5.83. The molecule has 0 aliphatic rings. The van der Waals surface area contributed by atoms with E-state index in [9.17, 15) is 9.59 Å². The van der Waals surface area contributed by atoms with Gasteiger partial charge in [0.15, 0.2) is 5.78 Å². The summed E-state index contributed by atoms with van der Waals surface area (Å²) in [5.74, 6) is 1.49. The normalized spacial score (nSPS) is 10.2. The van der Waals surface area contributed by atoms with E-state index in [0.717, 1.165) is 0 Å². The maximum Gasteiger partial charge on any atom is 0.234 e. The Kier molecular flexibility index (Phi) is 7.35. The van der Waals surface area contributed by atoms with E-state index in [4.69, 9.17) is 9.47 Å². The molecule has 25 heavy (non-hydrogen) atoms. The number of nitrogens with one attached hydrogen (secondary N) is 1. The minimum absolute atomic E-state index is 0.0357. The summed E-state index contributed by atoms with van der Waals surface area (Å²) in [5.41, 5.74) is 1.21. The van der Waals surface area contributed by atoms with Crippen LogP contribution >= 0.6 is 11.8 Å². The van der Waals surface area contributed by atoms with Gasteiger partial charge in [0.05, 0.1) is 30.9 Å². The van der Waals surface area contributed by atoms with Gasteiger partial charge in [0.2, 0.25) is 5.91 Å². The maximum atomic E-state index is 12.2. The lowest BCUT2D eigenvalue weighted by Crippen LogP contribution is -2.16. The molecule has 0 heterocycles. The molecule has 1 amide bonds. The van der Waals surface area contributed by atoms with E-state index < -0.39 is 0 Å². The summed E-state index contributed by atoms with van der Waals surface area (Å²) in [6, 6.07) is 14.3. The Morgan fingerprint density at radius 2 is 1.88 bits per heavy atom. The fourth-order valence-corrected chi connectivity index (χ4v) is 2.87. The third-order valence-corrected chi connectivity index (χ3v) is 4.25. The molecule has 0 aromatic heterocycles. The van der Waals surface area contributed by atoms with Gasteiger partial charge in [0.1, 0.15) is 11.5 Å². The van der Waals surface area contributed by atoms with Crippen LogP contribution in [-0.2, 0) is 4.79 Å². The standard InChI is InChI=1S/C19H21NO4S/c1-3-24-18-10-5-4-9-16(18)20-19(22)13-25-12-17(21)14-7-6-8-15(11-14)23-2/h4-11H,3,12-13H2,1-2H3,(H,20,22). The monoisotopic (exact) mass is 359 g/mol. The quantitative estimate of drug-likeness (QED) is 0.693. The molecule has 0 radical (unpaired) electrons. The molecule has 0 atom stereocenters. The second-order valence-electron chi connectivity index (χ2n) is 5.13. The van der Waals surface area contributed by atoms with Crippen LogP contribution in [0.4, 0.5) is 5.69 Å². The number of thioether (sulfide) groups is 1. The highest BCUT2D eigenvalue weighted by atomic mass is 32.2. The molecule has 2 rings (SSSR count). The Labute approximate surface area is 151 Å². The number of methoxy groups -OCH3 is 1. The molecular formula is C19H21NO4S. The molecule has 132 valence electrons. The van der Waals surface area contributed by atoms with Crippen LogP contribution in [0.15, 0.2) is 48.5 Å². The number of hydrogen-bond acceptors (Lipinski definition) is 5. The number of carbonyl (C=O) groups is 2. The summed E-state index contributed by atoms with van der Waals surface area (Å²) in [6.07, 6.45) is 0. The molecule has 2 aromatic carbocycles. The minimum Gasteiger partial charge on any atom is -0.497 e. The molecule has 0 saturated carbocycles. The number of rotatable bonds is 9. The number of ether oxygens (including phenoxy) is 2. The molecule has 0 unspecified atom stereocenters. The average molecular weight is 359 g/mol. The van der Waals surface area contributed by atoms with Crippen LogP contribution in [0, 0.1) is 0 Å². The predicted octanol–water partition coefficient (Wildman–Crippen LogP) is 3.65. The Bertz CT molecular complexity index is 733. The van der Waals surface area contributed by atoms with Crippen molar-refractivity contribution in [1.82, 2.24) is 0 Å². The van der Waals surface area contributed by atoms with Gasteiger partial charge in [0.25, 0.3) is 0 Å². The molecular weight excluding hydrogens is 338 g/mol. The summed E-state index contributed by atoms with van der Waals surface area (Å²) >= 11 is 1.27. The Balaban J connectivity index is 1.83. The van der Waals surface area contributed by atoms with Crippen molar-refractivity contribution >= 4 is 29.1 Å². The van der Waals surface area contributed by atoms with Crippen LogP contribution in [-0.4, -0.2) is 36.9 Å². The van der Waals surface area contributed by atoms with Gasteiger partial charge in [-0.05, 0) is 31.2 Å². The van der Waals surface area contributed by atoms with Gasteiger partial charge in [-0.2, -0.15) is 0 Å². The van der Waals surface area contributed by atoms with Crippen molar-refractivity contribution in [3.05, 3.63) is 54.1 Å². The number of Topliss-reactive ketones (excluding diaryl/α,β-unsaturated/α-hetero) is 1. The summed E-state index contributed by atoms with van der Waals surface area (Å²) in [4.78, 5) is 24.2. The SMILES string of the molecule is CCOc1ccccc1NC(=O)CSCC(=O)c1cccc(OC)c1. The smallest absolute Gasteiger partial charge is 0.234 e. The van der Waals surface area contributed by atoms with E-state index in [2.05, 4.69) is 5.32 Å². The van der Waals surface area contributed by atoms with Crippen LogP contribution in [0.1, 0.15) is 17.3 Å². The largest absolute Gasteiger partial charge is 0.497 e. The van der Waals surface area contributed by atoms with Gasteiger partial charge in [-0.15, -0.1) is 11.8 Å². The predicted molar refractivity (Wildman–Crippen MR) is 101 cm³/mol. The summed E-state index contributed by atoms with van der Waals surface area (Å²) in [5, 5.41) is 2.81. The zero-order chi connectivity index (χ0) is 18.1. The zero-order valence-corrected chi connectivity index (χ0v) is 15.1. The first-order valence-electron chi connectivity index (χ1n) is 7.90. The molecule has 0 spiro atoms. The Hall–Kier alpha value is -2.47. The summed E-state index contributed by atoms with van der Waals surface area (Å²) in [6.45, 7) is 2.41.